The first kappa shape index (κ1) is 13.0. The highest BCUT2D eigenvalue weighted by molar-refractivity contribution is 5.93. The molecular formula is C13H15NO3. The number of rotatable bonds is 5. The molecule has 0 saturated carbocycles. The fourth-order valence-corrected chi connectivity index (χ4v) is 1.40. The monoisotopic (exact) mass is 233 g/mol. The minimum atomic E-state index is -1.12. The van der Waals surface area contributed by atoms with Crippen molar-refractivity contribution in [3.05, 3.63) is 48.0 Å². The maximum Gasteiger partial charge on any atom is 0.328 e. The number of carboxylic acids is 1. The van der Waals surface area contributed by atoms with Crippen LogP contribution >= 0.6 is 0 Å². The maximum absolute atomic E-state index is 11.7. The van der Waals surface area contributed by atoms with E-state index in [0.29, 0.717) is 13.1 Å². The third-order valence-corrected chi connectivity index (χ3v) is 2.28. The van der Waals surface area contributed by atoms with Gasteiger partial charge >= 0.3 is 5.97 Å². The number of likely N-dealkylation sites (N-methyl/N-ethyl adjacent to an activating group) is 1. The molecule has 0 aliphatic rings. The highest BCUT2D eigenvalue weighted by atomic mass is 16.4. The number of hydrogen-bond acceptors (Lipinski definition) is 2. The summed E-state index contributed by atoms with van der Waals surface area (Å²) in [6.45, 7) is 2.88. The van der Waals surface area contributed by atoms with Gasteiger partial charge in [0.1, 0.15) is 0 Å². The van der Waals surface area contributed by atoms with E-state index >= 15 is 0 Å². The van der Waals surface area contributed by atoms with E-state index in [-0.39, 0.29) is 5.91 Å². The lowest BCUT2D eigenvalue weighted by Gasteiger charge is -2.19. The SMILES string of the molecule is CCN(Cc1ccccc1)C(=O)C=CC(=O)O. The lowest BCUT2D eigenvalue weighted by molar-refractivity contribution is -0.132. The first-order valence-electron chi connectivity index (χ1n) is 5.37. The zero-order chi connectivity index (χ0) is 12.7. The Kier molecular flexibility index (Phi) is 4.94. The van der Waals surface area contributed by atoms with Gasteiger partial charge in [0.25, 0.3) is 0 Å². The van der Waals surface area contributed by atoms with Crippen LogP contribution in [0.15, 0.2) is 42.5 Å². The number of carboxylic acid groups (broad SMARTS) is 1. The molecular weight excluding hydrogens is 218 g/mol. The Labute approximate surface area is 100 Å². The zero-order valence-corrected chi connectivity index (χ0v) is 9.67. The van der Waals surface area contributed by atoms with Crippen LogP contribution in [-0.4, -0.2) is 28.4 Å². The second-order valence-corrected chi connectivity index (χ2v) is 3.51. The summed E-state index contributed by atoms with van der Waals surface area (Å²) in [7, 11) is 0. The van der Waals surface area contributed by atoms with Crippen molar-refractivity contribution in [1.82, 2.24) is 4.90 Å². The third kappa shape index (κ3) is 4.51. The molecule has 0 spiro atoms. The topological polar surface area (TPSA) is 57.6 Å². The Hall–Kier alpha value is -2.10. The molecule has 0 bridgehead atoms. The van der Waals surface area contributed by atoms with Gasteiger partial charge in [-0.25, -0.2) is 4.79 Å². The Morgan fingerprint density at radius 1 is 1.24 bits per heavy atom. The number of nitrogens with zero attached hydrogens (tertiary/aromatic N) is 1. The third-order valence-electron chi connectivity index (χ3n) is 2.28. The van der Waals surface area contributed by atoms with Gasteiger partial charge in [-0.2, -0.15) is 0 Å². The van der Waals surface area contributed by atoms with Crippen LogP contribution in [0.1, 0.15) is 12.5 Å². The first-order chi connectivity index (χ1) is 8.13. The van der Waals surface area contributed by atoms with Gasteiger partial charge in [0.05, 0.1) is 0 Å². The van der Waals surface area contributed by atoms with Crippen molar-refractivity contribution in [3.8, 4) is 0 Å². The van der Waals surface area contributed by atoms with E-state index in [2.05, 4.69) is 0 Å². The van der Waals surface area contributed by atoms with Crippen LogP contribution in [0.4, 0.5) is 0 Å². The first-order valence-corrected chi connectivity index (χ1v) is 5.37. The molecule has 4 nitrogen and oxygen atoms in total. The largest absolute Gasteiger partial charge is 0.478 e. The fourth-order valence-electron chi connectivity index (χ4n) is 1.40. The smallest absolute Gasteiger partial charge is 0.328 e. The Balaban J connectivity index is 2.66. The second kappa shape index (κ2) is 6.48. The fraction of sp³-hybridized carbons (Fsp3) is 0.231. The van der Waals surface area contributed by atoms with Crippen molar-refractivity contribution >= 4 is 11.9 Å². The van der Waals surface area contributed by atoms with Crippen LogP contribution in [0.3, 0.4) is 0 Å². The molecule has 0 aliphatic carbocycles. The van der Waals surface area contributed by atoms with Crippen molar-refractivity contribution in [2.24, 2.45) is 0 Å². The number of carbonyl (C=O) groups is 2. The minimum absolute atomic E-state index is 0.293. The standard InChI is InChI=1S/C13H15NO3/c1-2-14(12(15)8-9-13(16)17)10-11-6-4-3-5-7-11/h3-9H,2,10H2,1H3,(H,16,17). The molecule has 0 radical (unpaired) electrons. The van der Waals surface area contributed by atoms with E-state index in [1.54, 1.807) is 4.90 Å². The van der Waals surface area contributed by atoms with Crippen molar-refractivity contribution < 1.29 is 14.7 Å². The van der Waals surface area contributed by atoms with Gasteiger partial charge < -0.3 is 10.0 Å². The molecule has 0 saturated heterocycles. The quantitative estimate of drug-likeness (QED) is 0.787. The lowest BCUT2D eigenvalue weighted by Crippen LogP contribution is -2.28. The van der Waals surface area contributed by atoms with E-state index < -0.39 is 5.97 Å². The summed E-state index contributed by atoms with van der Waals surface area (Å²) >= 11 is 0. The molecule has 1 rings (SSSR count). The van der Waals surface area contributed by atoms with Crippen molar-refractivity contribution in [2.75, 3.05) is 6.54 Å². The Morgan fingerprint density at radius 2 is 1.88 bits per heavy atom. The van der Waals surface area contributed by atoms with Gasteiger partial charge in [-0.1, -0.05) is 30.3 Å². The molecule has 17 heavy (non-hydrogen) atoms. The second-order valence-electron chi connectivity index (χ2n) is 3.51. The molecule has 0 atom stereocenters. The Morgan fingerprint density at radius 3 is 2.41 bits per heavy atom. The number of benzene rings is 1. The summed E-state index contributed by atoms with van der Waals surface area (Å²) in [6, 6.07) is 9.57. The van der Waals surface area contributed by atoms with Gasteiger partial charge in [0.2, 0.25) is 5.91 Å². The van der Waals surface area contributed by atoms with Gasteiger partial charge in [0, 0.05) is 25.2 Å². The summed E-state index contributed by atoms with van der Waals surface area (Å²) in [4.78, 5) is 23.6. The Bertz CT molecular complexity index is 412. The predicted octanol–water partition coefficient (Wildman–Crippen LogP) is 1.68. The zero-order valence-electron chi connectivity index (χ0n) is 9.67. The van der Waals surface area contributed by atoms with Crippen LogP contribution in [0.2, 0.25) is 0 Å². The summed E-state index contributed by atoms with van der Waals surface area (Å²) in [5.41, 5.74) is 1.02. The molecule has 90 valence electrons. The van der Waals surface area contributed by atoms with Crippen LogP contribution in [0.5, 0.6) is 0 Å². The number of amides is 1. The van der Waals surface area contributed by atoms with Gasteiger partial charge in [-0.3, -0.25) is 4.79 Å². The van der Waals surface area contributed by atoms with E-state index in [1.807, 2.05) is 37.3 Å². The van der Waals surface area contributed by atoms with E-state index in [1.165, 1.54) is 0 Å². The minimum Gasteiger partial charge on any atom is -0.478 e. The lowest BCUT2D eigenvalue weighted by atomic mass is 10.2. The van der Waals surface area contributed by atoms with Crippen LogP contribution in [0, 0.1) is 0 Å². The summed E-state index contributed by atoms with van der Waals surface area (Å²) < 4.78 is 0. The summed E-state index contributed by atoms with van der Waals surface area (Å²) in [5, 5.41) is 8.45. The average Bonchev–Trinajstić information content (AvgIpc) is 2.34. The maximum atomic E-state index is 11.7. The normalized spacial score (nSPS) is 10.4. The van der Waals surface area contributed by atoms with Crippen LogP contribution < -0.4 is 0 Å². The number of hydrogen-bond donors (Lipinski definition) is 1. The van der Waals surface area contributed by atoms with Crippen molar-refractivity contribution in [3.63, 3.8) is 0 Å². The molecule has 1 aromatic carbocycles. The van der Waals surface area contributed by atoms with Gasteiger partial charge in [0.15, 0.2) is 0 Å². The molecule has 0 unspecified atom stereocenters. The van der Waals surface area contributed by atoms with E-state index in [0.717, 1.165) is 17.7 Å². The van der Waals surface area contributed by atoms with Crippen LogP contribution in [-0.2, 0) is 16.1 Å². The predicted molar refractivity (Wildman–Crippen MR) is 64.3 cm³/mol. The summed E-state index contributed by atoms with van der Waals surface area (Å²) in [6.07, 6.45) is 1.94. The molecule has 1 amide bonds. The van der Waals surface area contributed by atoms with E-state index in [4.69, 9.17) is 5.11 Å². The number of carbonyl (C=O) groups excluding carboxylic acids is 1. The molecule has 4 heteroatoms. The molecule has 0 aromatic heterocycles. The molecule has 0 fully saturated rings. The molecule has 0 aliphatic heterocycles. The highest BCUT2D eigenvalue weighted by Crippen LogP contribution is 2.04. The van der Waals surface area contributed by atoms with Gasteiger partial charge in [-0.05, 0) is 12.5 Å². The molecule has 0 heterocycles. The summed E-state index contributed by atoms with van der Waals surface area (Å²) in [5.74, 6) is -1.41. The molecule has 1 N–H and O–H groups in total. The van der Waals surface area contributed by atoms with Crippen LogP contribution in [0.25, 0.3) is 0 Å². The van der Waals surface area contributed by atoms with Gasteiger partial charge in [-0.15, -0.1) is 0 Å². The number of aliphatic carboxylic acids is 1. The van der Waals surface area contributed by atoms with E-state index in [9.17, 15) is 9.59 Å². The van der Waals surface area contributed by atoms with Crippen molar-refractivity contribution in [2.45, 2.75) is 13.5 Å². The highest BCUT2D eigenvalue weighted by Gasteiger charge is 2.08. The van der Waals surface area contributed by atoms with Crippen molar-refractivity contribution in [1.29, 1.82) is 0 Å². The average molecular weight is 233 g/mol. The molecule has 1 aromatic rings.